The van der Waals surface area contributed by atoms with Gasteiger partial charge in [0.1, 0.15) is 0 Å². The van der Waals surface area contributed by atoms with Gasteiger partial charge in [0.2, 0.25) is 5.95 Å². The minimum absolute atomic E-state index is 0.210. The molecule has 1 aromatic heterocycles. The van der Waals surface area contributed by atoms with Gasteiger partial charge in [-0.05, 0) is 47.8 Å². The number of ether oxygens (including phenoxy) is 1. The van der Waals surface area contributed by atoms with E-state index in [1.165, 1.54) is 22.4 Å². The molecule has 0 bridgehead atoms. The second-order valence-electron chi connectivity index (χ2n) is 8.36. The van der Waals surface area contributed by atoms with Gasteiger partial charge in [-0.3, -0.25) is 9.88 Å². The maximum absolute atomic E-state index is 6.23. The SMILES string of the molecule is NC1=N[C@@H](C2=C(N3CCOCC3)/C(=C/c3ccccc3)CC2)n2c(nc3ccccc32)N1. The molecule has 0 unspecified atom stereocenters. The normalized spacial score (nSPS) is 22.2. The Bertz CT molecular complexity index is 1250. The maximum Gasteiger partial charge on any atom is 0.212 e. The molecule has 6 rings (SSSR count). The zero-order valence-corrected chi connectivity index (χ0v) is 17.9. The average Bonchev–Trinajstić information content (AvgIpc) is 3.41. The number of nitrogens with one attached hydrogen (secondary N) is 1. The first-order chi connectivity index (χ1) is 15.8. The van der Waals surface area contributed by atoms with E-state index in [1.54, 1.807) is 0 Å². The number of allylic oxidation sites excluding steroid dienone is 1. The Morgan fingerprint density at radius 2 is 1.78 bits per heavy atom. The predicted octanol–water partition coefficient (Wildman–Crippen LogP) is 3.74. The van der Waals surface area contributed by atoms with Crippen molar-refractivity contribution in [3.8, 4) is 0 Å². The van der Waals surface area contributed by atoms with Gasteiger partial charge in [-0.15, -0.1) is 0 Å². The summed E-state index contributed by atoms with van der Waals surface area (Å²) in [5, 5.41) is 3.16. The summed E-state index contributed by atoms with van der Waals surface area (Å²) in [6, 6.07) is 18.7. The molecule has 2 aliphatic heterocycles. The van der Waals surface area contributed by atoms with Gasteiger partial charge in [-0.25, -0.2) is 9.98 Å². The molecule has 0 saturated carbocycles. The number of nitrogens with zero attached hydrogens (tertiary/aromatic N) is 4. The number of anilines is 1. The van der Waals surface area contributed by atoms with Crippen LogP contribution < -0.4 is 11.1 Å². The lowest BCUT2D eigenvalue weighted by Gasteiger charge is -2.33. The number of guanidine groups is 1. The number of rotatable bonds is 3. The van der Waals surface area contributed by atoms with Crippen LogP contribution in [0.15, 0.2) is 76.4 Å². The van der Waals surface area contributed by atoms with Crippen molar-refractivity contribution in [2.45, 2.75) is 19.0 Å². The highest BCUT2D eigenvalue weighted by Gasteiger charge is 2.34. The molecular weight excluding hydrogens is 400 g/mol. The third kappa shape index (κ3) is 3.26. The Morgan fingerprint density at radius 3 is 2.62 bits per heavy atom. The summed E-state index contributed by atoms with van der Waals surface area (Å²) in [7, 11) is 0. The summed E-state index contributed by atoms with van der Waals surface area (Å²) in [6.07, 6.45) is 4.04. The molecule has 1 saturated heterocycles. The molecule has 2 aromatic carbocycles. The molecule has 7 heteroatoms. The van der Waals surface area contributed by atoms with E-state index in [4.69, 9.17) is 20.4 Å². The minimum Gasteiger partial charge on any atom is -0.378 e. The van der Waals surface area contributed by atoms with E-state index in [2.05, 4.69) is 57.3 Å². The molecule has 3 N–H and O–H groups in total. The second kappa shape index (κ2) is 7.84. The quantitative estimate of drug-likeness (QED) is 0.667. The molecule has 1 fully saturated rings. The van der Waals surface area contributed by atoms with Crippen LogP contribution in [-0.4, -0.2) is 46.7 Å². The van der Waals surface area contributed by atoms with Crippen LogP contribution in [0.1, 0.15) is 24.6 Å². The summed E-state index contributed by atoms with van der Waals surface area (Å²) >= 11 is 0. The second-order valence-corrected chi connectivity index (χ2v) is 8.36. The fraction of sp³-hybridized carbons (Fsp3) is 0.280. The molecular formula is C25H26N6O. The molecule has 0 amide bonds. The van der Waals surface area contributed by atoms with E-state index >= 15 is 0 Å². The molecule has 1 aliphatic carbocycles. The number of morpholine rings is 1. The predicted molar refractivity (Wildman–Crippen MR) is 127 cm³/mol. The first-order valence-electron chi connectivity index (χ1n) is 11.2. The molecule has 7 nitrogen and oxygen atoms in total. The third-order valence-corrected chi connectivity index (χ3v) is 6.39. The van der Waals surface area contributed by atoms with Crippen LogP contribution in [0, 0.1) is 0 Å². The Morgan fingerprint density at radius 1 is 1.00 bits per heavy atom. The maximum atomic E-state index is 6.23. The van der Waals surface area contributed by atoms with Gasteiger partial charge in [0.05, 0.1) is 24.2 Å². The monoisotopic (exact) mass is 426 g/mol. The van der Waals surface area contributed by atoms with Gasteiger partial charge >= 0.3 is 0 Å². The van der Waals surface area contributed by atoms with E-state index in [-0.39, 0.29) is 6.17 Å². The Kier molecular flexibility index (Phi) is 4.69. The zero-order valence-electron chi connectivity index (χ0n) is 17.9. The van der Waals surface area contributed by atoms with Crippen LogP contribution in [-0.2, 0) is 4.74 Å². The third-order valence-electron chi connectivity index (χ3n) is 6.39. The van der Waals surface area contributed by atoms with Crippen LogP contribution in [0.2, 0.25) is 0 Å². The highest BCUT2D eigenvalue weighted by molar-refractivity contribution is 5.94. The van der Waals surface area contributed by atoms with Crippen molar-refractivity contribution in [2.75, 3.05) is 31.6 Å². The van der Waals surface area contributed by atoms with Crippen molar-refractivity contribution in [1.82, 2.24) is 14.5 Å². The van der Waals surface area contributed by atoms with Crippen LogP contribution in [0.3, 0.4) is 0 Å². The number of imidazole rings is 1. The lowest BCUT2D eigenvalue weighted by molar-refractivity contribution is 0.0544. The molecule has 0 radical (unpaired) electrons. The number of hydrogen-bond donors (Lipinski definition) is 2. The fourth-order valence-corrected chi connectivity index (χ4v) is 5.00. The van der Waals surface area contributed by atoms with E-state index < -0.39 is 0 Å². The first-order valence-corrected chi connectivity index (χ1v) is 11.2. The van der Waals surface area contributed by atoms with E-state index in [0.29, 0.717) is 5.96 Å². The highest BCUT2D eigenvalue weighted by Crippen LogP contribution is 2.44. The molecule has 1 atom stereocenters. The van der Waals surface area contributed by atoms with Gasteiger partial charge in [0, 0.05) is 18.8 Å². The summed E-state index contributed by atoms with van der Waals surface area (Å²) in [4.78, 5) is 12.1. The molecule has 3 aliphatic rings. The van der Waals surface area contributed by atoms with E-state index in [1.807, 2.05) is 18.2 Å². The zero-order chi connectivity index (χ0) is 21.5. The number of fused-ring (bicyclic) bond motifs is 3. The van der Waals surface area contributed by atoms with Crippen molar-refractivity contribution in [3.05, 3.63) is 77.0 Å². The number of hydrogen-bond acceptors (Lipinski definition) is 6. The smallest absolute Gasteiger partial charge is 0.212 e. The van der Waals surface area contributed by atoms with Crippen LogP contribution in [0.4, 0.5) is 5.95 Å². The summed E-state index contributed by atoms with van der Waals surface area (Å²) in [5.41, 5.74) is 13.4. The molecule has 0 spiro atoms. The number of aromatic nitrogens is 2. The minimum atomic E-state index is -0.210. The fourth-order valence-electron chi connectivity index (χ4n) is 5.00. The standard InChI is InChI=1S/C25H26N6O/c26-24-28-23(31-21-9-5-4-8-20(21)27-25(31)29-24)19-11-10-18(16-17-6-2-1-3-7-17)22(19)30-12-14-32-15-13-30/h1-9,16,23H,10-15H2,(H3,26,27,28,29)/b18-16+/t23-/m1/s1. The number of nitrogens with two attached hydrogens (primary N) is 1. The molecule has 32 heavy (non-hydrogen) atoms. The van der Waals surface area contributed by atoms with Crippen LogP contribution in [0.25, 0.3) is 17.1 Å². The van der Waals surface area contributed by atoms with Gasteiger partial charge in [0.25, 0.3) is 0 Å². The Labute approximate surface area is 186 Å². The van der Waals surface area contributed by atoms with Crippen molar-refractivity contribution in [1.29, 1.82) is 0 Å². The highest BCUT2D eigenvalue weighted by atomic mass is 16.5. The van der Waals surface area contributed by atoms with Gasteiger partial charge < -0.3 is 15.4 Å². The number of para-hydroxylation sites is 2. The molecule has 3 heterocycles. The van der Waals surface area contributed by atoms with Crippen LogP contribution >= 0.6 is 0 Å². The van der Waals surface area contributed by atoms with Crippen molar-refractivity contribution >= 4 is 29.0 Å². The average molecular weight is 427 g/mol. The lowest BCUT2D eigenvalue weighted by Crippen LogP contribution is -2.37. The van der Waals surface area contributed by atoms with Crippen molar-refractivity contribution < 1.29 is 4.74 Å². The van der Waals surface area contributed by atoms with Gasteiger partial charge in [-0.1, -0.05) is 42.5 Å². The summed E-state index contributed by atoms with van der Waals surface area (Å²) in [5.74, 6) is 1.16. The van der Waals surface area contributed by atoms with E-state index in [9.17, 15) is 0 Å². The largest absolute Gasteiger partial charge is 0.378 e. The lowest BCUT2D eigenvalue weighted by atomic mass is 10.1. The molecule has 3 aromatic rings. The summed E-state index contributed by atoms with van der Waals surface area (Å²) in [6.45, 7) is 3.25. The van der Waals surface area contributed by atoms with E-state index in [0.717, 1.165) is 56.1 Å². The van der Waals surface area contributed by atoms with Crippen molar-refractivity contribution in [2.24, 2.45) is 10.7 Å². The van der Waals surface area contributed by atoms with Crippen LogP contribution in [0.5, 0.6) is 0 Å². The summed E-state index contributed by atoms with van der Waals surface area (Å²) < 4.78 is 7.84. The number of benzene rings is 2. The Balaban J connectivity index is 1.52. The van der Waals surface area contributed by atoms with Gasteiger partial charge in [-0.2, -0.15) is 0 Å². The first kappa shape index (κ1) is 19.1. The Hall–Kier alpha value is -3.58. The molecule has 162 valence electrons. The van der Waals surface area contributed by atoms with Crippen molar-refractivity contribution in [3.63, 3.8) is 0 Å². The number of aliphatic imine (C=N–C) groups is 1. The van der Waals surface area contributed by atoms with Gasteiger partial charge in [0.15, 0.2) is 12.1 Å². The topological polar surface area (TPSA) is 80.7 Å².